The van der Waals surface area contributed by atoms with E-state index < -0.39 is 15.1 Å². The van der Waals surface area contributed by atoms with Gasteiger partial charge >= 0.3 is 0 Å². The highest BCUT2D eigenvalue weighted by atomic mass is 35.5. The second-order valence-corrected chi connectivity index (χ2v) is 12.3. The number of hydrogen-bond acceptors (Lipinski definition) is 6. The summed E-state index contributed by atoms with van der Waals surface area (Å²) >= 11 is 5.95. The highest BCUT2D eigenvalue weighted by Gasteiger charge is 2.37. The summed E-state index contributed by atoms with van der Waals surface area (Å²) in [6, 6.07) is 0.268. The number of sulfone groups is 1. The van der Waals surface area contributed by atoms with Gasteiger partial charge in [0.1, 0.15) is 6.54 Å². The van der Waals surface area contributed by atoms with Crippen molar-refractivity contribution in [3.8, 4) is 0 Å². The Kier molecular flexibility index (Phi) is 9.01. The number of hydrazine groups is 1. The van der Waals surface area contributed by atoms with E-state index in [9.17, 15) is 18.0 Å². The molecule has 10 heteroatoms. The molecular weight excluding hydrogens is 440 g/mol. The fourth-order valence-corrected chi connectivity index (χ4v) is 7.44. The minimum absolute atomic E-state index is 0.0830. The Morgan fingerprint density at radius 2 is 2.06 bits per heavy atom. The standard InChI is InChI=1S/C21H37ClN4O4S/c1-15-7-8-18(25-20(27)14-26-21(28)11-16(22)13-24-26)12-19(15)31(29,30)10-4-6-17-5-2-3-9-23-17/h15-19,23-24H,2-14H2,1H3,(H,25,27). The molecule has 178 valence electrons. The zero-order valence-electron chi connectivity index (χ0n) is 18.4. The van der Waals surface area contributed by atoms with Crippen molar-refractivity contribution in [2.45, 2.75) is 87.4 Å². The molecule has 3 rings (SSSR count). The zero-order valence-corrected chi connectivity index (χ0v) is 20.0. The molecule has 3 fully saturated rings. The SMILES string of the molecule is CC1CCC(NC(=O)CN2NCC(Cl)CC2=O)CC1S(=O)(=O)CCCC1CCCCN1. The number of halogens is 1. The van der Waals surface area contributed by atoms with Gasteiger partial charge in [-0.25, -0.2) is 13.8 Å². The average Bonchev–Trinajstić information content (AvgIpc) is 2.72. The summed E-state index contributed by atoms with van der Waals surface area (Å²) < 4.78 is 26.1. The monoisotopic (exact) mass is 476 g/mol. The lowest BCUT2D eigenvalue weighted by Gasteiger charge is -2.35. The van der Waals surface area contributed by atoms with Crippen LogP contribution in [0.25, 0.3) is 0 Å². The molecule has 0 bridgehead atoms. The molecule has 31 heavy (non-hydrogen) atoms. The van der Waals surface area contributed by atoms with Gasteiger partial charge in [0, 0.05) is 25.0 Å². The molecule has 2 amide bonds. The van der Waals surface area contributed by atoms with Crippen LogP contribution >= 0.6 is 11.6 Å². The maximum Gasteiger partial charge on any atom is 0.241 e. The van der Waals surface area contributed by atoms with Crippen LogP contribution in [0.5, 0.6) is 0 Å². The molecule has 0 aromatic heterocycles. The number of carbonyl (C=O) groups excluding carboxylic acids is 2. The Bertz CT molecular complexity index is 729. The van der Waals surface area contributed by atoms with E-state index in [1.165, 1.54) is 17.9 Å². The minimum Gasteiger partial charge on any atom is -0.352 e. The van der Waals surface area contributed by atoms with Crippen LogP contribution in [0.4, 0.5) is 0 Å². The molecule has 3 aliphatic rings. The number of amides is 2. The smallest absolute Gasteiger partial charge is 0.241 e. The van der Waals surface area contributed by atoms with E-state index in [1.54, 1.807) is 0 Å². The molecule has 0 radical (unpaired) electrons. The Morgan fingerprint density at radius 3 is 2.77 bits per heavy atom. The van der Waals surface area contributed by atoms with Gasteiger partial charge in [0.2, 0.25) is 11.8 Å². The van der Waals surface area contributed by atoms with E-state index in [0.717, 1.165) is 32.2 Å². The number of carbonyl (C=O) groups is 2. The molecule has 5 unspecified atom stereocenters. The van der Waals surface area contributed by atoms with Gasteiger partial charge in [-0.05, 0) is 57.4 Å². The Hall–Kier alpha value is -0.900. The molecular formula is C21H37ClN4O4S. The zero-order chi connectivity index (χ0) is 22.4. The normalized spacial score (nSPS) is 32.6. The molecule has 2 aliphatic heterocycles. The van der Waals surface area contributed by atoms with Crippen molar-refractivity contribution in [2.24, 2.45) is 5.92 Å². The van der Waals surface area contributed by atoms with Gasteiger partial charge in [-0.15, -0.1) is 11.6 Å². The predicted octanol–water partition coefficient (Wildman–Crippen LogP) is 1.34. The van der Waals surface area contributed by atoms with Crippen LogP contribution in [0, 0.1) is 5.92 Å². The third kappa shape index (κ3) is 7.30. The van der Waals surface area contributed by atoms with Crippen LogP contribution in [0.15, 0.2) is 0 Å². The number of rotatable bonds is 8. The lowest BCUT2D eigenvalue weighted by atomic mass is 9.87. The van der Waals surface area contributed by atoms with E-state index in [4.69, 9.17) is 11.6 Å². The van der Waals surface area contributed by atoms with Crippen molar-refractivity contribution in [3.63, 3.8) is 0 Å². The molecule has 5 atom stereocenters. The average molecular weight is 477 g/mol. The summed E-state index contributed by atoms with van der Waals surface area (Å²) in [5, 5.41) is 7.05. The van der Waals surface area contributed by atoms with E-state index >= 15 is 0 Å². The molecule has 3 N–H and O–H groups in total. The lowest BCUT2D eigenvalue weighted by molar-refractivity contribution is -0.141. The lowest BCUT2D eigenvalue weighted by Crippen LogP contribution is -2.55. The van der Waals surface area contributed by atoms with Gasteiger partial charge in [0.15, 0.2) is 9.84 Å². The highest BCUT2D eigenvalue weighted by Crippen LogP contribution is 2.31. The van der Waals surface area contributed by atoms with Crippen molar-refractivity contribution in [1.29, 1.82) is 0 Å². The maximum atomic E-state index is 13.1. The number of nitrogens with zero attached hydrogens (tertiary/aromatic N) is 1. The van der Waals surface area contributed by atoms with E-state index in [2.05, 4.69) is 16.1 Å². The van der Waals surface area contributed by atoms with Crippen LogP contribution in [-0.2, 0) is 19.4 Å². The third-order valence-corrected chi connectivity index (χ3v) is 9.59. The Balaban J connectivity index is 1.46. The quantitative estimate of drug-likeness (QED) is 0.456. The van der Waals surface area contributed by atoms with Crippen LogP contribution < -0.4 is 16.1 Å². The van der Waals surface area contributed by atoms with Crippen molar-refractivity contribution in [2.75, 3.05) is 25.4 Å². The van der Waals surface area contributed by atoms with Gasteiger partial charge < -0.3 is 10.6 Å². The maximum absolute atomic E-state index is 13.1. The number of alkyl halides is 1. The van der Waals surface area contributed by atoms with Crippen molar-refractivity contribution in [1.82, 2.24) is 21.1 Å². The predicted molar refractivity (Wildman–Crippen MR) is 121 cm³/mol. The highest BCUT2D eigenvalue weighted by molar-refractivity contribution is 7.92. The number of nitrogens with one attached hydrogen (secondary N) is 3. The van der Waals surface area contributed by atoms with Gasteiger partial charge in [-0.2, -0.15) is 0 Å². The van der Waals surface area contributed by atoms with Crippen molar-refractivity contribution < 1.29 is 18.0 Å². The summed E-state index contributed by atoms with van der Waals surface area (Å²) in [5.74, 6) is -0.163. The molecule has 1 aliphatic carbocycles. The van der Waals surface area contributed by atoms with Crippen molar-refractivity contribution >= 4 is 33.3 Å². The topological polar surface area (TPSA) is 108 Å². The van der Waals surface area contributed by atoms with Crippen LogP contribution in [0.1, 0.15) is 64.7 Å². The van der Waals surface area contributed by atoms with Gasteiger partial charge in [-0.1, -0.05) is 13.3 Å². The summed E-state index contributed by atoms with van der Waals surface area (Å²) in [6.45, 7) is 3.39. The Morgan fingerprint density at radius 1 is 1.26 bits per heavy atom. The second-order valence-electron chi connectivity index (χ2n) is 9.39. The third-order valence-electron chi connectivity index (χ3n) is 6.84. The summed E-state index contributed by atoms with van der Waals surface area (Å²) in [4.78, 5) is 24.4. The molecule has 0 aromatic rings. The second kappa shape index (κ2) is 11.3. The van der Waals surface area contributed by atoms with Gasteiger partial charge in [0.25, 0.3) is 0 Å². The summed E-state index contributed by atoms with van der Waals surface area (Å²) in [7, 11) is -3.21. The molecule has 2 saturated heterocycles. The summed E-state index contributed by atoms with van der Waals surface area (Å²) in [6.07, 6.45) is 7.33. The molecule has 0 aromatic carbocycles. The van der Waals surface area contributed by atoms with E-state index in [1.807, 2.05) is 6.92 Å². The van der Waals surface area contributed by atoms with Crippen LogP contribution in [0.2, 0.25) is 0 Å². The first-order chi connectivity index (χ1) is 14.7. The van der Waals surface area contributed by atoms with E-state index in [0.29, 0.717) is 25.4 Å². The first-order valence-electron chi connectivity index (χ1n) is 11.7. The largest absolute Gasteiger partial charge is 0.352 e. The molecule has 1 saturated carbocycles. The molecule has 0 spiro atoms. The van der Waals surface area contributed by atoms with Crippen LogP contribution in [0.3, 0.4) is 0 Å². The van der Waals surface area contributed by atoms with E-state index in [-0.39, 0.29) is 47.9 Å². The first kappa shape index (κ1) is 24.7. The first-order valence-corrected chi connectivity index (χ1v) is 13.8. The minimum atomic E-state index is -3.21. The fraction of sp³-hybridized carbons (Fsp3) is 0.905. The number of hydrogen-bond donors (Lipinski definition) is 3. The van der Waals surface area contributed by atoms with Crippen molar-refractivity contribution in [3.05, 3.63) is 0 Å². The Labute approximate surface area is 191 Å². The fourth-order valence-electron chi connectivity index (χ4n) is 5.00. The van der Waals surface area contributed by atoms with Crippen LogP contribution in [-0.4, -0.2) is 73.3 Å². The number of piperidine rings is 1. The van der Waals surface area contributed by atoms with Gasteiger partial charge in [-0.3, -0.25) is 14.6 Å². The van der Waals surface area contributed by atoms with Gasteiger partial charge in [0.05, 0.1) is 16.4 Å². The molecule has 2 heterocycles. The molecule has 8 nitrogen and oxygen atoms in total. The summed E-state index contributed by atoms with van der Waals surface area (Å²) in [5.41, 5.74) is 2.87.